The zero-order valence-corrected chi connectivity index (χ0v) is 10.1. The number of H-pyrrole nitrogens is 1. The Morgan fingerprint density at radius 3 is 3.05 bits per heavy atom. The van der Waals surface area contributed by atoms with E-state index in [1.165, 1.54) is 0 Å². The van der Waals surface area contributed by atoms with Crippen LogP contribution >= 0.6 is 0 Å². The summed E-state index contributed by atoms with van der Waals surface area (Å²) in [5.41, 5.74) is 7.84. The van der Waals surface area contributed by atoms with E-state index in [1.54, 1.807) is 30.7 Å². The minimum absolute atomic E-state index is 0.159. The van der Waals surface area contributed by atoms with E-state index < -0.39 is 0 Å². The molecule has 2 heterocycles. The number of carbonyl (C=O) groups is 1. The van der Waals surface area contributed by atoms with Gasteiger partial charge in [-0.25, -0.2) is 0 Å². The Morgan fingerprint density at radius 2 is 2.26 bits per heavy atom. The van der Waals surface area contributed by atoms with Gasteiger partial charge in [-0.3, -0.25) is 4.79 Å². The topological polar surface area (TPSA) is 84.0 Å². The summed E-state index contributed by atoms with van der Waals surface area (Å²) in [6, 6.07) is 9.03. The van der Waals surface area contributed by atoms with Crippen molar-refractivity contribution in [3.8, 4) is 0 Å². The molecule has 0 atom stereocenters. The summed E-state index contributed by atoms with van der Waals surface area (Å²) in [5, 5.41) is 3.62. The Kier molecular flexibility index (Phi) is 2.72. The fourth-order valence-electron chi connectivity index (χ4n) is 2.00. The van der Waals surface area contributed by atoms with Gasteiger partial charge in [-0.2, -0.15) is 0 Å². The summed E-state index contributed by atoms with van der Waals surface area (Å²) in [7, 11) is 0. The second-order valence-electron chi connectivity index (χ2n) is 4.27. The molecular weight excluding hydrogens is 242 g/mol. The number of nitrogen functional groups attached to an aromatic ring is 1. The van der Waals surface area contributed by atoms with Crippen LogP contribution in [0, 0.1) is 0 Å². The van der Waals surface area contributed by atoms with Gasteiger partial charge in [0.2, 0.25) is 0 Å². The maximum atomic E-state index is 12.1. The highest BCUT2D eigenvalue weighted by atomic mass is 16.3. The first-order valence-electron chi connectivity index (χ1n) is 5.91. The maximum Gasteiger partial charge on any atom is 0.253 e. The van der Waals surface area contributed by atoms with E-state index >= 15 is 0 Å². The molecule has 0 saturated carbocycles. The van der Waals surface area contributed by atoms with Crippen molar-refractivity contribution in [2.24, 2.45) is 0 Å². The fraction of sp³-hybridized carbons (Fsp3) is 0.0714. The largest absolute Gasteiger partial charge is 0.467 e. The molecule has 1 amide bonds. The fourth-order valence-corrected chi connectivity index (χ4v) is 2.00. The first-order valence-corrected chi connectivity index (χ1v) is 5.91. The number of aromatic amines is 1. The lowest BCUT2D eigenvalue weighted by atomic mass is 10.1. The Labute approximate surface area is 109 Å². The van der Waals surface area contributed by atoms with Gasteiger partial charge in [0.05, 0.1) is 18.4 Å². The predicted molar refractivity (Wildman–Crippen MR) is 72.6 cm³/mol. The molecule has 0 fully saturated rings. The number of carbonyl (C=O) groups excluding carboxylic acids is 1. The lowest BCUT2D eigenvalue weighted by molar-refractivity contribution is 0.0950. The van der Waals surface area contributed by atoms with Crippen LogP contribution in [0.3, 0.4) is 0 Å². The minimum Gasteiger partial charge on any atom is -0.467 e. The maximum absolute atomic E-state index is 12.1. The molecule has 19 heavy (non-hydrogen) atoms. The van der Waals surface area contributed by atoms with Gasteiger partial charge in [-0.1, -0.05) is 0 Å². The molecule has 0 saturated heterocycles. The Balaban J connectivity index is 1.83. The van der Waals surface area contributed by atoms with E-state index in [-0.39, 0.29) is 5.91 Å². The first-order chi connectivity index (χ1) is 9.24. The molecule has 0 unspecified atom stereocenters. The number of rotatable bonds is 3. The number of benzene rings is 1. The minimum atomic E-state index is -0.159. The molecule has 2 aromatic heterocycles. The van der Waals surface area contributed by atoms with Crippen molar-refractivity contribution in [2.45, 2.75) is 6.54 Å². The molecule has 5 heteroatoms. The molecule has 1 aromatic carbocycles. The number of anilines is 1. The van der Waals surface area contributed by atoms with Gasteiger partial charge in [0, 0.05) is 22.8 Å². The smallest absolute Gasteiger partial charge is 0.253 e. The van der Waals surface area contributed by atoms with Gasteiger partial charge in [0.25, 0.3) is 5.91 Å². The van der Waals surface area contributed by atoms with Crippen LogP contribution in [0.5, 0.6) is 0 Å². The highest BCUT2D eigenvalue weighted by Gasteiger charge is 2.12. The summed E-state index contributed by atoms with van der Waals surface area (Å²) < 4.78 is 5.17. The van der Waals surface area contributed by atoms with Crippen LogP contribution in [-0.4, -0.2) is 10.9 Å². The number of fused-ring (bicyclic) bond motifs is 1. The van der Waals surface area contributed by atoms with E-state index in [1.807, 2.05) is 12.1 Å². The third kappa shape index (κ3) is 2.18. The Hall–Kier alpha value is -2.69. The Morgan fingerprint density at radius 1 is 1.37 bits per heavy atom. The summed E-state index contributed by atoms with van der Waals surface area (Å²) >= 11 is 0. The van der Waals surface area contributed by atoms with Gasteiger partial charge < -0.3 is 20.5 Å². The van der Waals surface area contributed by atoms with Crippen molar-refractivity contribution in [3.05, 3.63) is 54.1 Å². The van der Waals surface area contributed by atoms with Crippen LogP contribution in [0.2, 0.25) is 0 Å². The average molecular weight is 255 g/mol. The molecule has 0 aliphatic rings. The Bertz CT molecular complexity index is 713. The SMILES string of the molecule is Nc1ccc2[nH]cc(C(=O)NCc3ccco3)c2c1. The van der Waals surface area contributed by atoms with Crippen molar-refractivity contribution < 1.29 is 9.21 Å². The second kappa shape index (κ2) is 4.53. The van der Waals surface area contributed by atoms with E-state index in [0.717, 1.165) is 10.9 Å². The zero-order valence-electron chi connectivity index (χ0n) is 10.1. The third-order valence-electron chi connectivity index (χ3n) is 2.95. The standard InChI is InChI=1S/C14H13N3O2/c15-9-3-4-13-11(6-9)12(8-16-13)14(18)17-7-10-2-1-5-19-10/h1-6,8,16H,7,15H2,(H,17,18). The molecule has 3 aromatic rings. The van der Waals surface area contributed by atoms with Gasteiger partial charge in [-0.05, 0) is 30.3 Å². The summed E-state index contributed by atoms with van der Waals surface area (Å²) in [5.74, 6) is 0.556. The van der Waals surface area contributed by atoms with Crippen LogP contribution < -0.4 is 11.1 Å². The van der Waals surface area contributed by atoms with Crippen molar-refractivity contribution in [3.63, 3.8) is 0 Å². The molecule has 3 rings (SSSR count). The van der Waals surface area contributed by atoms with Gasteiger partial charge in [0.15, 0.2) is 0 Å². The molecule has 0 bridgehead atoms. The number of nitrogens with one attached hydrogen (secondary N) is 2. The zero-order chi connectivity index (χ0) is 13.2. The highest BCUT2D eigenvalue weighted by Crippen LogP contribution is 2.20. The molecule has 0 aliphatic carbocycles. The molecule has 96 valence electrons. The first kappa shape index (κ1) is 11.4. The number of hydrogen-bond donors (Lipinski definition) is 3. The average Bonchev–Trinajstić information content (AvgIpc) is 3.04. The lowest BCUT2D eigenvalue weighted by Crippen LogP contribution is -2.22. The van der Waals surface area contributed by atoms with E-state index in [4.69, 9.17) is 10.2 Å². The summed E-state index contributed by atoms with van der Waals surface area (Å²) in [4.78, 5) is 15.2. The van der Waals surface area contributed by atoms with Crippen LogP contribution in [-0.2, 0) is 6.54 Å². The quantitative estimate of drug-likeness (QED) is 0.628. The number of hydrogen-bond acceptors (Lipinski definition) is 3. The predicted octanol–water partition coefficient (Wildman–Crippen LogP) is 2.27. The van der Waals surface area contributed by atoms with E-state index in [2.05, 4.69) is 10.3 Å². The van der Waals surface area contributed by atoms with E-state index in [9.17, 15) is 4.79 Å². The number of amides is 1. The molecule has 0 radical (unpaired) electrons. The molecule has 0 aliphatic heterocycles. The van der Waals surface area contributed by atoms with Crippen molar-refractivity contribution in [1.82, 2.24) is 10.3 Å². The van der Waals surface area contributed by atoms with Gasteiger partial charge in [-0.15, -0.1) is 0 Å². The lowest BCUT2D eigenvalue weighted by Gasteiger charge is -2.02. The summed E-state index contributed by atoms with van der Waals surface area (Å²) in [6.07, 6.45) is 3.26. The molecule has 5 nitrogen and oxygen atoms in total. The van der Waals surface area contributed by atoms with Gasteiger partial charge in [0.1, 0.15) is 5.76 Å². The monoisotopic (exact) mass is 255 g/mol. The highest BCUT2D eigenvalue weighted by molar-refractivity contribution is 6.07. The van der Waals surface area contributed by atoms with E-state index in [0.29, 0.717) is 23.6 Å². The molecule has 4 N–H and O–H groups in total. The van der Waals surface area contributed by atoms with Crippen LogP contribution in [0.15, 0.2) is 47.2 Å². The second-order valence-corrected chi connectivity index (χ2v) is 4.27. The molecule has 0 spiro atoms. The van der Waals surface area contributed by atoms with Crippen molar-refractivity contribution >= 4 is 22.5 Å². The normalized spacial score (nSPS) is 10.7. The number of furan rings is 1. The van der Waals surface area contributed by atoms with Crippen LogP contribution in [0.4, 0.5) is 5.69 Å². The van der Waals surface area contributed by atoms with Crippen LogP contribution in [0.25, 0.3) is 10.9 Å². The molecular formula is C14H13N3O2. The van der Waals surface area contributed by atoms with Crippen LogP contribution in [0.1, 0.15) is 16.1 Å². The van der Waals surface area contributed by atoms with Gasteiger partial charge >= 0.3 is 0 Å². The number of aromatic nitrogens is 1. The van der Waals surface area contributed by atoms with Crippen molar-refractivity contribution in [1.29, 1.82) is 0 Å². The summed E-state index contributed by atoms with van der Waals surface area (Å²) in [6.45, 7) is 0.362. The third-order valence-corrected chi connectivity index (χ3v) is 2.95. The van der Waals surface area contributed by atoms with Crippen molar-refractivity contribution in [2.75, 3.05) is 5.73 Å². The number of nitrogens with two attached hydrogens (primary N) is 1.